The van der Waals surface area contributed by atoms with Crippen LogP contribution in [-0.4, -0.2) is 18.0 Å². The first-order chi connectivity index (χ1) is 7.87. The van der Waals surface area contributed by atoms with Gasteiger partial charge in [0.1, 0.15) is 0 Å². The predicted octanol–water partition coefficient (Wildman–Crippen LogP) is 3.06. The summed E-state index contributed by atoms with van der Waals surface area (Å²) in [5, 5.41) is 6.76. The Bertz CT molecular complexity index is 385. The van der Waals surface area contributed by atoms with Crippen molar-refractivity contribution in [2.24, 2.45) is 0 Å². The second-order valence-corrected chi connectivity index (χ2v) is 5.42. The first kappa shape index (κ1) is 13.8. The maximum atomic E-state index is 11.5. The number of rotatable bonds is 4. The van der Waals surface area contributed by atoms with E-state index in [2.05, 4.69) is 10.6 Å². The van der Waals surface area contributed by atoms with E-state index in [0.29, 0.717) is 18.0 Å². The molecule has 1 amide bonds. The van der Waals surface area contributed by atoms with Crippen molar-refractivity contribution in [1.29, 1.82) is 0 Å². The van der Waals surface area contributed by atoms with Gasteiger partial charge in [-0.1, -0.05) is 17.7 Å². The molecule has 2 N–H and O–H groups in total. The van der Waals surface area contributed by atoms with Crippen molar-refractivity contribution in [1.82, 2.24) is 5.32 Å². The Hall–Kier alpha value is -1.22. The van der Waals surface area contributed by atoms with Gasteiger partial charge in [-0.3, -0.25) is 4.79 Å². The van der Waals surface area contributed by atoms with Gasteiger partial charge in [0.15, 0.2) is 0 Å². The van der Waals surface area contributed by atoms with Crippen LogP contribution in [0, 0.1) is 0 Å². The SMILES string of the molecule is CC(C)(C)NC(=O)CCNc1cccc(Cl)c1. The van der Waals surface area contributed by atoms with Crippen molar-refractivity contribution >= 4 is 23.2 Å². The van der Waals surface area contributed by atoms with E-state index in [4.69, 9.17) is 11.6 Å². The monoisotopic (exact) mass is 254 g/mol. The molecule has 94 valence electrons. The quantitative estimate of drug-likeness (QED) is 0.867. The Kier molecular flexibility index (Phi) is 4.82. The van der Waals surface area contributed by atoms with Gasteiger partial charge in [0.05, 0.1) is 0 Å². The van der Waals surface area contributed by atoms with Crippen molar-refractivity contribution in [3.05, 3.63) is 29.3 Å². The highest BCUT2D eigenvalue weighted by Gasteiger charge is 2.12. The molecule has 0 aliphatic carbocycles. The number of benzene rings is 1. The van der Waals surface area contributed by atoms with E-state index in [9.17, 15) is 4.79 Å². The van der Waals surface area contributed by atoms with Crippen molar-refractivity contribution in [2.45, 2.75) is 32.7 Å². The van der Waals surface area contributed by atoms with E-state index in [1.807, 2.05) is 45.0 Å². The second-order valence-electron chi connectivity index (χ2n) is 4.99. The van der Waals surface area contributed by atoms with Gasteiger partial charge in [0.25, 0.3) is 0 Å². The molecule has 4 heteroatoms. The van der Waals surface area contributed by atoms with Crippen LogP contribution in [0.1, 0.15) is 27.2 Å². The predicted molar refractivity (Wildman–Crippen MR) is 72.5 cm³/mol. The van der Waals surface area contributed by atoms with Gasteiger partial charge < -0.3 is 10.6 Å². The molecule has 0 bridgehead atoms. The number of nitrogens with one attached hydrogen (secondary N) is 2. The number of carbonyl (C=O) groups is 1. The molecule has 1 rings (SSSR count). The molecule has 0 aliphatic rings. The molecule has 0 fully saturated rings. The number of amides is 1. The standard InChI is InChI=1S/C13H19ClN2O/c1-13(2,3)16-12(17)7-8-15-11-6-4-5-10(14)9-11/h4-6,9,15H,7-8H2,1-3H3,(H,16,17). The summed E-state index contributed by atoms with van der Waals surface area (Å²) in [6.07, 6.45) is 0.448. The molecule has 17 heavy (non-hydrogen) atoms. The third-order valence-corrected chi connectivity index (χ3v) is 2.26. The fourth-order valence-electron chi connectivity index (χ4n) is 1.40. The van der Waals surface area contributed by atoms with Gasteiger partial charge in [-0.15, -0.1) is 0 Å². The number of halogens is 1. The van der Waals surface area contributed by atoms with Crippen LogP contribution in [0.25, 0.3) is 0 Å². The Morgan fingerprint density at radius 1 is 1.35 bits per heavy atom. The smallest absolute Gasteiger partial charge is 0.222 e. The van der Waals surface area contributed by atoms with E-state index in [1.165, 1.54) is 0 Å². The van der Waals surface area contributed by atoms with E-state index in [0.717, 1.165) is 5.69 Å². The average molecular weight is 255 g/mol. The van der Waals surface area contributed by atoms with E-state index in [1.54, 1.807) is 0 Å². The van der Waals surface area contributed by atoms with Gasteiger partial charge in [-0.05, 0) is 39.0 Å². The van der Waals surface area contributed by atoms with Crippen LogP contribution in [0.5, 0.6) is 0 Å². The van der Waals surface area contributed by atoms with Gasteiger partial charge in [-0.25, -0.2) is 0 Å². The molecular formula is C13H19ClN2O. The second kappa shape index (κ2) is 5.92. The van der Waals surface area contributed by atoms with Crippen molar-refractivity contribution < 1.29 is 4.79 Å². The van der Waals surface area contributed by atoms with E-state index < -0.39 is 0 Å². The zero-order valence-corrected chi connectivity index (χ0v) is 11.3. The minimum atomic E-state index is -0.173. The Morgan fingerprint density at radius 2 is 2.06 bits per heavy atom. The molecule has 0 atom stereocenters. The van der Waals surface area contributed by atoms with E-state index in [-0.39, 0.29) is 11.4 Å². The van der Waals surface area contributed by atoms with Crippen LogP contribution in [0.2, 0.25) is 5.02 Å². The number of hydrogen-bond acceptors (Lipinski definition) is 2. The zero-order valence-electron chi connectivity index (χ0n) is 10.5. The molecule has 0 saturated carbocycles. The normalized spacial score (nSPS) is 11.1. The maximum Gasteiger partial charge on any atom is 0.222 e. The van der Waals surface area contributed by atoms with Crippen LogP contribution in [0.15, 0.2) is 24.3 Å². The molecular weight excluding hydrogens is 236 g/mol. The summed E-state index contributed by atoms with van der Waals surface area (Å²) < 4.78 is 0. The largest absolute Gasteiger partial charge is 0.384 e. The molecule has 0 radical (unpaired) electrons. The highest BCUT2D eigenvalue weighted by atomic mass is 35.5. The number of carbonyl (C=O) groups excluding carboxylic acids is 1. The third-order valence-electron chi connectivity index (χ3n) is 2.02. The van der Waals surface area contributed by atoms with Crippen LogP contribution in [0.4, 0.5) is 5.69 Å². The average Bonchev–Trinajstić information content (AvgIpc) is 2.14. The summed E-state index contributed by atoms with van der Waals surface area (Å²) in [5.41, 5.74) is 0.758. The lowest BCUT2D eigenvalue weighted by molar-refractivity contribution is -0.122. The van der Waals surface area contributed by atoms with Crippen LogP contribution in [0.3, 0.4) is 0 Å². The maximum absolute atomic E-state index is 11.5. The van der Waals surface area contributed by atoms with Gasteiger partial charge in [-0.2, -0.15) is 0 Å². The zero-order chi connectivity index (χ0) is 12.9. The Morgan fingerprint density at radius 3 is 2.65 bits per heavy atom. The fourth-order valence-corrected chi connectivity index (χ4v) is 1.59. The number of hydrogen-bond donors (Lipinski definition) is 2. The van der Waals surface area contributed by atoms with Gasteiger partial charge in [0.2, 0.25) is 5.91 Å². The molecule has 0 unspecified atom stereocenters. The van der Waals surface area contributed by atoms with Crippen LogP contribution < -0.4 is 10.6 Å². The van der Waals surface area contributed by atoms with Crippen LogP contribution in [-0.2, 0) is 4.79 Å². The number of anilines is 1. The lowest BCUT2D eigenvalue weighted by Crippen LogP contribution is -2.41. The lowest BCUT2D eigenvalue weighted by Gasteiger charge is -2.20. The Balaban J connectivity index is 2.31. The van der Waals surface area contributed by atoms with Gasteiger partial charge in [0, 0.05) is 29.2 Å². The molecule has 0 spiro atoms. The molecule has 0 aromatic heterocycles. The minimum absolute atomic E-state index is 0.0482. The molecule has 0 heterocycles. The first-order valence-electron chi connectivity index (χ1n) is 5.67. The summed E-state index contributed by atoms with van der Waals surface area (Å²) in [6, 6.07) is 7.45. The molecule has 1 aromatic carbocycles. The van der Waals surface area contributed by atoms with Crippen molar-refractivity contribution in [3.8, 4) is 0 Å². The summed E-state index contributed by atoms with van der Waals surface area (Å²) in [4.78, 5) is 11.5. The van der Waals surface area contributed by atoms with Gasteiger partial charge >= 0.3 is 0 Å². The third kappa shape index (κ3) is 6.17. The highest BCUT2D eigenvalue weighted by molar-refractivity contribution is 6.30. The Labute approximate surface area is 108 Å². The van der Waals surface area contributed by atoms with E-state index >= 15 is 0 Å². The molecule has 1 aromatic rings. The first-order valence-corrected chi connectivity index (χ1v) is 6.05. The lowest BCUT2D eigenvalue weighted by atomic mass is 10.1. The highest BCUT2D eigenvalue weighted by Crippen LogP contribution is 2.14. The molecule has 0 saturated heterocycles. The van der Waals surface area contributed by atoms with Crippen molar-refractivity contribution in [3.63, 3.8) is 0 Å². The van der Waals surface area contributed by atoms with Crippen molar-refractivity contribution in [2.75, 3.05) is 11.9 Å². The summed E-state index contributed by atoms with van der Waals surface area (Å²) in [6.45, 7) is 6.50. The summed E-state index contributed by atoms with van der Waals surface area (Å²) in [5.74, 6) is 0.0482. The summed E-state index contributed by atoms with van der Waals surface area (Å²) in [7, 11) is 0. The van der Waals surface area contributed by atoms with Crippen LogP contribution >= 0.6 is 11.6 Å². The topological polar surface area (TPSA) is 41.1 Å². The molecule has 3 nitrogen and oxygen atoms in total. The summed E-state index contributed by atoms with van der Waals surface area (Å²) >= 11 is 5.85. The minimum Gasteiger partial charge on any atom is -0.384 e. The molecule has 0 aliphatic heterocycles. The fraction of sp³-hybridized carbons (Fsp3) is 0.462.